The standard InChI is InChI=1S/C33H41N3O4S/c1-3-31(33(38)34-28-17-9-5-10-18-28)35(23-22-27-15-7-4-8-16-27)32(37)25-36(29-19-13-14-26(2)24-29)41(39,40)30-20-11-6-12-21-30/h4,6-8,11-16,19-21,24,28,31H,3,5,9-10,17-18,22-23,25H2,1-2H3,(H,34,38). The molecule has 0 radical (unpaired) electrons. The predicted molar refractivity (Wildman–Crippen MR) is 163 cm³/mol. The molecule has 8 heteroatoms. The third-order valence-corrected chi connectivity index (χ3v) is 9.51. The van der Waals surface area contributed by atoms with Crippen molar-refractivity contribution in [1.29, 1.82) is 0 Å². The van der Waals surface area contributed by atoms with Gasteiger partial charge in [0.05, 0.1) is 10.6 Å². The first kappa shape index (κ1) is 30.3. The molecule has 1 aliphatic carbocycles. The summed E-state index contributed by atoms with van der Waals surface area (Å²) in [6, 6.07) is 24.5. The van der Waals surface area contributed by atoms with Crippen molar-refractivity contribution in [2.24, 2.45) is 0 Å². The van der Waals surface area contributed by atoms with Gasteiger partial charge in [-0.05, 0) is 68.0 Å². The van der Waals surface area contributed by atoms with Gasteiger partial charge in [0.1, 0.15) is 12.6 Å². The fraction of sp³-hybridized carbons (Fsp3) is 0.394. The zero-order valence-corrected chi connectivity index (χ0v) is 24.9. The van der Waals surface area contributed by atoms with Crippen molar-refractivity contribution in [1.82, 2.24) is 10.2 Å². The molecule has 1 unspecified atom stereocenters. The number of nitrogens with zero attached hydrogens (tertiary/aromatic N) is 2. The minimum absolute atomic E-state index is 0.104. The van der Waals surface area contributed by atoms with Crippen LogP contribution in [0.2, 0.25) is 0 Å². The first-order chi connectivity index (χ1) is 19.8. The first-order valence-corrected chi connectivity index (χ1v) is 16.0. The van der Waals surface area contributed by atoms with Crippen LogP contribution in [0.1, 0.15) is 56.6 Å². The quantitative estimate of drug-likeness (QED) is 0.310. The lowest BCUT2D eigenvalue weighted by atomic mass is 9.95. The molecule has 0 heterocycles. The molecule has 0 saturated heterocycles. The summed E-state index contributed by atoms with van der Waals surface area (Å²) in [7, 11) is -4.06. The normalized spacial score (nSPS) is 14.7. The van der Waals surface area contributed by atoms with Crippen LogP contribution in [0.4, 0.5) is 5.69 Å². The lowest BCUT2D eigenvalue weighted by Gasteiger charge is -2.34. The van der Waals surface area contributed by atoms with Crippen LogP contribution < -0.4 is 9.62 Å². The van der Waals surface area contributed by atoms with Crippen molar-refractivity contribution in [3.05, 3.63) is 96.1 Å². The van der Waals surface area contributed by atoms with Crippen LogP contribution in [0.25, 0.3) is 0 Å². The van der Waals surface area contributed by atoms with E-state index in [0.717, 1.165) is 36.8 Å². The summed E-state index contributed by atoms with van der Waals surface area (Å²) >= 11 is 0. The average molecular weight is 576 g/mol. The molecule has 0 aromatic heterocycles. The van der Waals surface area contributed by atoms with Crippen LogP contribution in [0.5, 0.6) is 0 Å². The summed E-state index contributed by atoms with van der Waals surface area (Å²) < 4.78 is 29.0. The van der Waals surface area contributed by atoms with Gasteiger partial charge in [0.2, 0.25) is 11.8 Å². The summed E-state index contributed by atoms with van der Waals surface area (Å²) in [5.74, 6) is -0.582. The number of hydrogen-bond acceptors (Lipinski definition) is 4. The largest absolute Gasteiger partial charge is 0.352 e. The Hall–Kier alpha value is -3.65. The number of sulfonamides is 1. The summed E-state index contributed by atoms with van der Waals surface area (Å²) in [5.41, 5.74) is 2.33. The first-order valence-electron chi connectivity index (χ1n) is 14.6. The molecule has 7 nitrogen and oxygen atoms in total. The number of carbonyl (C=O) groups is 2. The molecule has 41 heavy (non-hydrogen) atoms. The Labute approximate surface area is 244 Å². The summed E-state index contributed by atoms with van der Waals surface area (Å²) in [6.45, 7) is 3.66. The topological polar surface area (TPSA) is 86.8 Å². The Morgan fingerprint density at radius 3 is 2.20 bits per heavy atom. The third kappa shape index (κ3) is 7.97. The van der Waals surface area contributed by atoms with Gasteiger partial charge in [-0.15, -0.1) is 0 Å². The molecule has 0 spiro atoms. The molecule has 1 fully saturated rings. The van der Waals surface area contributed by atoms with Crippen LogP contribution >= 0.6 is 0 Å². The van der Waals surface area contributed by atoms with E-state index < -0.39 is 28.5 Å². The molecule has 1 saturated carbocycles. The molecule has 3 aromatic carbocycles. The fourth-order valence-corrected chi connectivity index (χ4v) is 6.90. The average Bonchev–Trinajstić information content (AvgIpc) is 2.99. The Kier molecular flexibility index (Phi) is 10.6. The Morgan fingerprint density at radius 2 is 1.56 bits per heavy atom. The van der Waals surface area contributed by atoms with E-state index in [1.165, 1.54) is 22.9 Å². The van der Waals surface area contributed by atoms with Crippen LogP contribution in [0.3, 0.4) is 0 Å². The van der Waals surface area contributed by atoms with E-state index in [0.29, 0.717) is 25.1 Å². The van der Waals surface area contributed by atoms with E-state index in [9.17, 15) is 18.0 Å². The van der Waals surface area contributed by atoms with Crippen LogP contribution in [0, 0.1) is 6.92 Å². The Bertz CT molecular complexity index is 1390. The van der Waals surface area contributed by atoms with E-state index >= 15 is 0 Å². The molecule has 4 rings (SSSR count). The van der Waals surface area contributed by atoms with E-state index in [1.54, 1.807) is 41.3 Å². The predicted octanol–water partition coefficient (Wildman–Crippen LogP) is 5.49. The van der Waals surface area contributed by atoms with Crippen LogP contribution in [-0.2, 0) is 26.0 Å². The number of nitrogens with one attached hydrogen (secondary N) is 1. The zero-order valence-electron chi connectivity index (χ0n) is 24.0. The van der Waals surface area contributed by atoms with Crippen molar-refractivity contribution in [2.45, 2.75) is 75.8 Å². The van der Waals surface area contributed by atoms with Gasteiger partial charge in [0, 0.05) is 12.6 Å². The molecule has 3 aromatic rings. The highest BCUT2D eigenvalue weighted by atomic mass is 32.2. The monoisotopic (exact) mass is 575 g/mol. The summed E-state index contributed by atoms with van der Waals surface area (Å²) in [4.78, 5) is 29.4. The molecular formula is C33H41N3O4S. The van der Waals surface area contributed by atoms with E-state index in [-0.39, 0.29) is 16.8 Å². The molecule has 1 N–H and O–H groups in total. The smallest absolute Gasteiger partial charge is 0.264 e. The lowest BCUT2D eigenvalue weighted by molar-refractivity contribution is -0.140. The number of carbonyl (C=O) groups excluding carboxylic acids is 2. The molecule has 1 aliphatic rings. The van der Waals surface area contributed by atoms with Gasteiger partial charge in [-0.1, -0.05) is 86.8 Å². The number of hydrogen-bond donors (Lipinski definition) is 1. The fourth-order valence-electron chi connectivity index (χ4n) is 5.47. The van der Waals surface area contributed by atoms with Crippen molar-refractivity contribution in [3.8, 4) is 0 Å². The zero-order chi connectivity index (χ0) is 29.2. The maximum atomic E-state index is 14.1. The Morgan fingerprint density at radius 1 is 0.902 bits per heavy atom. The maximum absolute atomic E-state index is 14.1. The second-order valence-corrected chi connectivity index (χ2v) is 12.6. The highest BCUT2D eigenvalue weighted by Crippen LogP contribution is 2.25. The van der Waals surface area contributed by atoms with Crippen LogP contribution in [0.15, 0.2) is 89.8 Å². The minimum atomic E-state index is -4.06. The third-order valence-electron chi connectivity index (χ3n) is 7.72. The van der Waals surface area contributed by atoms with Crippen molar-refractivity contribution in [3.63, 3.8) is 0 Å². The summed E-state index contributed by atoms with van der Waals surface area (Å²) in [6.07, 6.45) is 6.20. The van der Waals surface area contributed by atoms with Gasteiger partial charge in [-0.2, -0.15) is 0 Å². The lowest BCUT2D eigenvalue weighted by Crippen LogP contribution is -2.54. The summed E-state index contributed by atoms with van der Waals surface area (Å²) in [5, 5.41) is 3.19. The Balaban J connectivity index is 1.65. The second kappa shape index (κ2) is 14.3. The molecular weight excluding hydrogens is 534 g/mol. The highest BCUT2D eigenvalue weighted by molar-refractivity contribution is 7.92. The van der Waals surface area contributed by atoms with Crippen molar-refractivity contribution < 1.29 is 18.0 Å². The number of benzene rings is 3. The SMILES string of the molecule is CCC(C(=O)NC1CCCCC1)N(CCc1ccccc1)C(=O)CN(c1cccc(C)c1)S(=O)(=O)c1ccccc1. The molecule has 0 bridgehead atoms. The van der Waals surface area contributed by atoms with Crippen molar-refractivity contribution in [2.75, 3.05) is 17.4 Å². The van der Waals surface area contributed by atoms with Gasteiger partial charge in [-0.3, -0.25) is 13.9 Å². The van der Waals surface area contributed by atoms with Crippen molar-refractivity contribution >= 4 is 27.5 Å². The molecule has 218 valence electrons. The highest BCUT2D eigenvalue weighted by Gasteiger charge is 2.34. The van der Waals surface area contributed by atoms with Gasteiger partial charge < -0.3 is 10.2 Å². The van der Waals surface area contributed by atoms with E-state index in [2.05, 4.69) is 5.32 Å². The van der Waals surface area contributed by atoms with E-state index in [4.69, 9.17) is 0 Å². The number of amides is 2. The van der Waals surface area contributed by atoms with Gasteiger partial charge in [0.25, 0.3) is 10.0 Å². The van der Waals surface area contributed by atoms with Gasteiger partial charge in [-0.25, -0.2) is 8.42 Å². The van der Waals surface area contributed by atoms with Gasteiger partial charge >= 0.3 is 0 Å². The molecule has 2 amide bonds. The molecule has 1 atom stereocenters. The minimum Gasteiger partial charge on any atom is -0.352 e. The van der Waals surface area contributed by atoms with Crippen LogP contribution in [-0.4, -0.2) is 50.3 Å². The number of anilines is 1. The molecule has 0 aliphatic heterocycles. The maximum Gasteiger partial charge on any atom is 0.264 e. The van der Waals surface area contributed by atoms with E-state index in [1.807, 2.05) is 50.2 Å². The number of aryl methyl sites for hydroxylation is 1. The number of rotatable bonds is 12. The second-order valence-electron chi connectivity index (χ2n) is 10.8. The van der Waals surface area contributed by atoms with Gasteiger partial charge in [0.15, 0.2) is 0 Å².